The van der Waals surface area contributed by atoms with Gasteiger partial charge < -0.3 is 0 Å². The number of halogens is 3. The number of nitrogens with zero attached hydrogens (tertiary/aromatic N) is 1. The predicted molar refractivity (Wildman–Crippen MR) is 128 cm³/mol. The van der Waals surface area contributed by atoms with Crippen molar-refractivity contribution in [1.29, 1.82) is 0 Å². The molecule has 0 radical (unpaired) electrons. The van der Waals surface area contributed by atoms with E-state index in [1.54, 1.807) is 6.07 Å². The van der Waals surface area contributed by atoms with Gasteiger partial charge in [-0.25, -0.2) is 4.98 Å². The summed E-state index contributed by atoms with van der Waals surface area (Å²) in [4.78, 5) is 4.76. The van der Waals surface area contributed by atoms with E-state index < -0.39 is 0 Å². The van der Waals surface area contributed by atoms with Crippen LogP contribution < -0.4 is 0 Å². The van der Waals surface area contributed by atoms with E-state index in [-0.39, 0.29) is 0 Å². The minimum atomic E-state index is 0.609. The van der Waals surface area contributed by atoms with Crippen LogP contribution in [0.1, 0.15) is 22.4 Å². The number of hydrogen-bond acceptors (Lipinski definition) is 1. The summed E-state index contributed by atoms with van der Waals surface area (Å²) in [6.07, 6.45) is 8.07. The van der Waals surface area contributed by atoms with Crippen molar-refractivity contribution >= 4 is 70.0 Å². The molecular weight excluding hydrogens is 421 g/mol. The first-order valence-corrected chi connectivity index (χ1v) is 10.2. The molecule has 0 amide bonds. The zero-order valence-corrected chi connectivity index (χ0v) is 17.6. The lowest BCUT2D eigenvalue weighted by Gasteiger charge is -2.05. The van der Waals surface area contributed by atoms with Crippen molar-refractivity contribution in [2.24, 2.45) is 0 Å². The lowest BCUT2D eigenvalue weighted by molar-refractivity contribution is 1.37. The summed E-state index contributed by atoms with van der Waals surface area (Å²) >= 11 is 18.2. The van der Waals surface area contributed by atoms with Gasteiger partial charge in [0, 0.05) is 20.5 Å². The second-order valence-electron chi connectivity index (χ2n) is 6.54. The highest BCUT2D eigenvalue weighted by Gasteiger charge is 2.03. The van der Waals surface area contributed by atoms with Crippen LogP contribution in [0.5, 0.6) is 0 Å². The second-order valence-corrected chi connectivity index (χ2v) is 7.82. The number of fused-ring (bicyclic) bond motifs is 1. The van der Waals surface area contributed by atoms with Gasteiger partial charge in [-0.3, -0.25) is 0 Å². The van der Waals surface area contributed by atoms with Crippen LogP contribution in [0.4, 0.5) is 0 Å². The number of rotatable bonds is 4. The number of hydrogen-bond donors (Lipinski definition) is 0. The Kier molecular flexibility index (Phi) is 6.01. The first-order chi connectivity index (χ1) is 14.1. The van der Waals surface area contributed by atoms with E-state index in [4.69, 9.17) is 39.8 Å². The molecule has 1 heterocycles. The third kappa shape index (κ3) is 4.89. The monoisotopic (exact) mass is 435 g/mol. The van der Waals surface area contributed by atoms with E-state index in [2.05, 4.69) is 24.3 Å². The van der Waals surface area contributed by atoms with Crippen LogP contribution >= 0.6 is 34.8 Å². The van der Waals surface area contributed by atoms with Gasteiger partial charge in [-0.05, 0) is 59.2 Å². The summed E-state index contributed by atoms with van der Waals surface area (Å²) in [6, 6.07) is 23.4. The lowest BCUT2D eigenvalue weighted by Crippen LogP contribution is -1.87. The minimum absolute atomic E-state index is 0.609. The molecule has 0 saturated heterocycles. The molecule has 142 valence electrons. The standard InChI is InChI=1S/C25H16Cl3N/c26-20-11-6-17(7-12-20)5-8-19-15-22(29-25-4-2-1-3-23(19)25)14-10-18-9-13-21(27)16-24(18)28/h1-16H/b8-5+,14-10+. The summed E-state index contributed by atoms with van der Waals surface area (Å²) in [5.74, 6) is 0. The fourth-order valence-electron chi connectivity index (χ4n) is 3.02. The zero-order chi connectivity index (χ0) is 20.2. The third-order valence-electron chi connectivity index (χ3n) is 4.49. The summed E-state index contributed by atoms with van der Waals surface area (Å²) in [7, 11) is 0. The Balaban J connectivity index is 1.72. The van der Waals surface area contributed by atoms with Crippen LogP contribution in [-0.4, -0.2) is 4.98 Å². The number of aromatic nitrogens is 1. The number of pyridine rings is 1. The highest BCUT2D eigenvalue weighted by Crippen LogP contribution is 2.25. The summed E-state index contributed by atoms with van der Waals surface area (Å²) in [6.45, 7) is 0. The maximum atomic E-state index is 6.27. The molecule has 0 bridgehead atoms. The van der Waals surface area contributed by atoms with Gasteiger partial charge in [0.1, 0.15) is 0 Å². The maximum Gasteiger partial charge on any atom is 0.0715 e. The van der Waals surface area contributed by atoms with Crippen LogP contribution in [0, 0.1) is 0 Å². The van der Waals surface area contributed by atoms with Crippen LogP contribution in [0.15, 0.2) is 72.8 Å². The molecule has 1 aromatic heterocycles. The number of para-hydroxylation sites is 1. The smallest absolute Gasteiger partial charge is 0.0715 e. The van der Waals surface area contributed by atoms with Gasteiger partial charge in [-0.1, -0.05) is 89.4 Å². The second kappa shape index (κ2) is 8.84. The van der Waals surface area contributed by atoms with Gasteiger partial charge in [0.2, 0.25) is 0 Å². The van der Waals surface area contributed by atoms with Crippen LogP contribution in [0.25, 0.3) is 35.2 Å². The molecule has 0 spiro atoms. The fourth-order valence-corrected chi connectivity index (χ4v) is 3.62. The molecule has 3 aromatic carbocycles. The van der Waals surface area contributed by atoms with E-state index in [9.17, 15) is 0 Å². The summed E-state index contributed by atoms with van der Waals surface area (Å²) in [5, 5.41) is 3.05. The van der Waals surface area contributed by atoms with Gasteiger partial charge in [-0.15, -0.1) is 0 Å². The Morgan fingerprint density at radius 1 is 0.621 bits per heavy atom. The molecule has 29 heavy (non-hydrogen) atoms. The molecule has 0 N–H and O–H groups in total. The Hall–Kier alpha value is -2.58. The molecule has 0 aliphatic heterocycles. The minimum Gasteiger partial charge on any atom is -0.248 e. The molecule has 0 aliphatic rings. The normalized spacial score (nSPS) is 11.7. The zero-order valence-electron chi connectivity index (χ0n) is 15.3. The van der Waals surface area contributed by atoms with Gasteiger partial charge in [0.25, 0.3) is 0 Å². The van der Waals surface area contributed by atoms with E-state index >= 15 is 0 Å². The predicted octanol–water partition coefficient (Wildman–Crippen LogP) is 8.54. The quantitative estimate of drug-likeness (QED) is 0.312. The average Bonchev–Trinajstić information content (AvgIpc) is 2.72. The fraction of sp³-hybridized carbons (Fsp3) is 0. The van der Waals surface area contributed by atoms with E-state index in [0.717, 1.165) is 38.3 Å². The Morgan fingerprint density at radius 3 is 2.14 bits per heavy atom. The van der Waals surface area contributed by atoms with Crippen molar-refractivity contribution in [1.82, 2.24) is 4.98 Å². The first kappa shape index (κ1) is 19.7. The number of benzene rings is 3. The van der Waals surface area contributed by atoms with E-state index in [1.165, 1.54) is 0 Å². The van der Waals surface area contributed by atoms with Gasteiger partial charge in [0.05, 0.1) is 11.2 Å². The van der Waals surface area contributed by atoms with Gasteiger partial charge in [0.15, 0.2) is 0 Å². The van der Waals surface area contributed by atoms with Crippen molar-refractivity contribution in [2.75, 3.05) is 0 Å². The molecule has 0 fully saturated rings. The molecule has 0 atom stereocenters. The first-order valence-electron chi connectivity index (χ1n) is 9.05. The topological polar surface area (TPSA) is 12.9 Å². The molecule has 0 unspecified atom stereocenters. The lowest BCUT2D eigenvalue weighted by atomic mass is 10.1. The maximum absolute atomic E-state index is 6.27. The molecule has 0 aliphatic carbocycles. The van der Waals surface area contributed by atoms with Crippen molar-refractivity contribution in [3.63, 3.8) is 0 Å². The molecule has 4 rings (SSSR count). The SMILES string of the molecule is Clc1ccc(/C=C/c2cc(/C=C/c3ccc(Cl)cc3Cl)nc3ccccc23)cc1. The molecule has 4 aromatic rings. The van der Waals surface area contributed by atoms with Crippen molar-refractivity contribution in [2.45, 2.75) is 0 Å². The highest BCUT2D eigenvalue weighted by atomic mass is 35.5. The third-order valence-corrected chi connectivity index (χ3v) is 5.30. The van der Waals surface area contributed by atoms with Crippen molar-refractivity contribution < 1.29 is 0 Å². The van der Waals surface area contributed by atoms with E-state index in [1.807, 2.05) is 66.7 Å². The summed E-state index contributed by atoms with van der Waals surface area (Å²) in [5.41, 5.74) is 4.86. The Morgan fingerprint density at radius 2 is 1.34 bits per heavy atom. The van der Waals surface area contributed by atoms with Crippen LogP contribution in [0.2, 0.25) is 15.1 Å². The van der Waals surface area contributed by atoms with Crippen LogP contribution in [-0.2, 0) is 0 Å². The van der Waals surface area contributed by atoms with Crippen molar-refractivity contribution in [3.8, 4) is 0 Å². The molecule has 0 saturated carbocycles. The average molecular weight is 437 g/mol. The molecule has 4 heteroatoms. The van der Waals surface area contributed by atoms with E-state index in [0.29, 0.717) is 10.0 Å². The Bertz CT molecular complexity index is 1220. The van der Waals surface area contributed by atoms with Gasteiger partial charge >= 0.3 is 0 Å². The largest absolute Gasteiger partial charge is 0.248 e. The van der Waals surface area contributed by atoms with Gasteiger partial charge in [-0.2, -0.15) is 0 Å². The summed E-state index contributed by atoms with van der Waals surface area (Å²) < 4.78 is 0. The highest BCUT2D eigenvalue weighted by molar-refractivity contribution is 6.35. The Labute approximate surface area is 184 Å². The molecular formula is C25H16Cl3N. The van der Waals surface area contributed by atoms with Crippen LogP contribution in [0.3, 0.4) is 0 Å². The van der Waals surface area contributed by atoms with Crippen molar-refractivity contribution in [3.05, 3.63) is 110 Å². The molecule has 1 nitrogen and oxygen atoms in total.